The molecule has 0 aliphatic carbocycles. The van der Waals surface area contributed by atoms with Crippen molar-refractivity contribution in [2.45, 2.75) is 52.7 Å². The van der Waals surface area contributed by atoms with Crippen LogP contribution in [-0.4, -0.2) is 89.0 Å². The zero-order chi connectivity index (χ0) is 34.6. The summed E-state index contributed by atoms with van der Waals surface area (Å²) in [4.78, 5) is 53.9. The summed E-state index contributed by atoms with van der Waals surface area (Å²) in [6.45, 7) is 9.43. The SMILES string of the molecule is CC(C)(C)OC(=O)CO.CC(C)(C)OC(=O)COc1cnc(Cl)cn1.Clc1cnc(Cl)cn1.O=C(O)COc1cnc(Cl)cn1. The summed E-state index contributed by atoms with van der Waals surface area (Å²) in [6.07, 6.45) is 8.00. The first-order valence-electron chi connectivity index (χ1n) is 12.4. The second-order valence-corrected chi connectivity index (χ2v) is 11.4. The first-order valence-corrected chi connectivity index (χ1v) is 13.9. The average molecular weight is 714 g/mol. The summed E-state index contributed by atoms with van der Waals surface area (Å²) in [7, 11) is 0. The normalized spacial score (nSPS) is 10.3. The van der Waals surface area contributed by atoms with Crippen molar-refractivity contribution in [1.82, 2.24) is 29.9 Å². The lowest BCUT2D eigenvalue weighted by Crippen LogP contribution is -2.27. The smallest absolute Gasteiger partial charge is 0.344 e. The molecule has 45 heavy (non-hydrogen) atoms. The Hall–Kier alpha value is -3.63. The summed E-state index contributed by atoms with van der Waals surface area (Å²) in [5, 5.41) is 17.7. The van der Waals surface area contributed by atoms with Crippen LogP contribution in [0.25, 0.3) is 0 Å². The number of aliphatic hydroxyl groups excluding tert-OH is 1. The minimum Gasteiger partial charge on any atom is -0.479 e. The van der Waals surface area contributed by atoms with Crippen LogP contribution in [0.5, 0.6) is 11.8 Å². The molecule has 0 unspecified atom stereocenters. The molecule has 3 aromatic rings. The molecule has 2 N–H and O–H groups in total. The standard InChI is InChI=1S/C10H13ClN2O3.C6H5ClN2O3.C6H12O3.C4H2Cl2N2/c1-10(2,3)16-9(14)6-15-8-5-12-7(11)4-13-8;7-4-1-9-5(2-8-4)12-3-6(10)11;1-6(2,3)9-5(8)4-7;5-3-1-7-4(6)2-8-3/h4-5H,6H2,1-3H3;1-2H,3H2,(H,10,11);7H,4H2,1-3H3;1-2H. The second kappa shape index (κ2) is 21.2. The molecule has 0 aliphatic rings. The molecule has 0 radical (unpaired) electrons. The van der Waals surface area contributed by atoms with Gasteiger partial charge in [-0.15, -0.1) is 0 Å². The van der Waals surface area contributed by atoms with Crippen molar-refractivity contribution in [3.63, 3.8) is 0 Å². The first-order chi connectivity index (χ1) is 20.8. The van der Waals surface area contributed by atoms with Crippen molar-refractivity contribution in [3.05, 3.63) is 57.8 Å². The van der Waals surface area contributed by atoms with Gasteiger partial charge in [0.15, 0.2) is 13.2 Å². The van der Waals surface area contributed by atoms with Crippen LogP contribution in [0.2, 0.25) is 20.6 Å². The molecule has 19 heteroatoms. The third-order valence-corrected chi connectivity index (χ3v) is 4.21. The number of hydrogen-bond donors (Lipinski definition) is 2. The van der Waals surface area contributed by atoms with Crippen LogP contribution >= 0.6 is 46.4 Å². The number of rotatable bonds is 7. The lowest BCUT2D eigenvalue weighted by Gasteiger charge is -2.19. The van der Waals surface area contributed by atoms with Crippen LogP contribution in [0.3, 0.4) is 0 Å². The van der Waals surface area contributed by atoms with E-state index in [1.165, 1.54) is 37.2 Å². The van der Waals surface area contributed by atoms with Gasteiger partial charge in [0.05, 0.1) is 37.2 Å². The lowest BCUT2D eigenvalue weighted by molar-refractivity contribution is -0.158. The highest BCUT2D eigenvalue weighted by molar-refractivity contribution is 6.31. The number of carboxylic acids is 1. The van der Waals surface area contributed by atoms with E-state index in [9.17, 15) is 14.4 Å². The van der Waals surface area contributed by atoms with Crippen molar-refractivity contribution in [1.29, 1.82) is 0 Å². The molecule has 3 aromatic heterocycles. The number of hydrogen-bond acceptors (Lipinski definition) is 14. The van der Waals surface area contributed by atoms with Gasteiger partial charge in [-0.05, 0) is 41.5 Å². The van der Waals surface area contributed by atoms with Crippen molar-refractivity contribution < 1.29 is 43.5 Å². The summed E-state index contributed by atoms with van der Waals surface area (Å²) in [6, 6.07) is 0. The second-order valence-electron chi connectivity index (χ2n) is 9.82. The van der Waals surface area contributed by atoms with Crippen LogP contribution in [0, 0.1) is 0 Å². The molecule has 0 bridgehead atoms. The highest BCUT2D eigenvalue weighted by Gasteiger charge is 2.17. The molecule has 248 valence electrons. The highest BCUT2D eigenvalue weighted by atomic mass is 35.5. The first kappa shape index (κ1) is 41.4. The Labute approximate surface area is 279 Å². The summed E-state index contributed by atoms with van der Waals surface area (Å²) >= 11 is 21.7. The largest absolute Gasteiger partial charge is 0.479 e. The summed E-state index contributed by atoms with van der Waals surface area (Å²) in [5.41, 5.74) is -1.01. The maximum Gasteiger partial charge on any atom is 0.344 e. The lowest BCUT2D eigenvalue weighted by atomic mass is 10.2. The Balaban J connectivity index is 0.000000596. The van der Waals surface area contributed by atoms with E-state index in [0.717, 1.165) is 0 Å². The van der Waals surface area contributed by atoms with Gasteiger partial charge in [0.2, 0.25) is 11.8 Å². The number of esters is 2. The Morgan fingerprint density at radius 2 is 0.933 bits per heavy atom. The van der Waals surface area contributed by atoms with Crippen LogP contribution in [-0.2, 0) is 23.9 Å². The molecule has 0 saturated carbocycles. The summed E-state index contributed by atoms with van der Waals surface area (Å²) in [5.74, 6) is -1.73. The Bertz CT molecular complexity index is 1290. The number of nitrogens with zero attached hydrogens (tertiary/aromatic N) is 6. The Kier molecular flexibility index (Phi) is 19.5. The molecule has 0 aliphatic heterocycles. The fourth-order valence-electron chi connectivity index (χ4n) is 2.06. The van der Waals surface area contributed by atoms with Gasteiger partial charge in [0, 0.05) is 0 Å². The topological polar surface area (TPSA) is 206 Å². The third kappa shape index (κ3) is 25.4. The van der Waals surface area contributed by atoms with Gasteiger partial charge in [-0.1, -0.05) is 46.4 Å². The zero-order valence-electron chi connectivity index (χ0n) is 25.0. The predicted octanol–water partition coefficient (Wildman–Crippen LogP) is 4.55. The van der Waals surface area contributed by atoms with Crippen molar-refractivity contribution in [2.24, 2.45) is 0 Å². The van der Waals surface area contributed by atoms with Crippen molar-refractivity contribution in [3.8, 4) is 11.8 Å². The molecule has 0 atom stereocenters. The molecule has 0 spiro atoms. The van der Waals surface area contributed by atoms with Gasteiger partial charge in [0.25, 0.3) is 0 Å². The van der Waals surface area contributed by atoms with Gasteiger partial charge >= 0.3 is 17.9 Å². The van der Waals surface area contributed by atoms with E-state index in [1.807, 2.05) is 0 Å². The van der Waals surface area contributed by atoms with Gasteiger partial charge in [-0.2, -0.15) is 0 Å². The number of carbonyl (C=O) groups excluding carboxylic acids is 2. The number of aromatic nitrogens is 6. The molecule has 3 rings (SSSR count). The Morgan fingerprint density at radius 3 is 1.20 bits per heavy atom. The molecule has 0 saturated heterocycles. The molecule has 0 aromatic carbocycles. The summed E-state index contributed by atoms with van der Waals surface area (Å²) < 4.78 is 19.5. The molecule has 3 heterocycles. The molecule has 0 amide bonds. The third-order valence-electron chi connectivity index (χ3n) is 3.43. The van der Waals surface area contributed by atoms with Crippen LogP contribution in [0.15, 0.2) is 37.2 Å². The van der Waals surface area contributed by atoms with Crippen LogP contribution < -0.4 is 9.47 Å². The molecular formula is C26H32Cl4N6O9. The molecule has 15 nitrogen and oxygen atoms in total. The Morgan fingerprint density at radius 1 is 0.600 bits per heavy atom. The fourth-order valence-corrected chi connectivity index (χ4v) is 2.45. The molecule has 0 fully saturated rings. The minimum absolute atomic E-state index is 0.141. The zero-order valence-corrected chi connectivity index (χ0v) is 28.1. The van der Waals surface area contributed by atoms with Gasteiger partial charge in [-0.25, -0.2) is 44.3 Å². The van der Waals surface area contributed by atoms with E-state index in [0.29, 0.717) is 10.3 Å². The van der Waals surface area contributed by atoms with E-state index in [4.69, 9.17) is 75.6 Å². The number of carbonyl (C=O) groups is 3. The predicted molar refractivity (Wildman–Crippen MR) is 164 cm³/mol. The quantitative estimate of drug-likeness (QED) is 0.322. The number of ether oxygens (including phenoxy) is 4. The maximum absolute atomic E-state index is 11.3. The number of halogens is 4. The highest BCUT2D eigenvalue weighted by Crippen LogP contribution is 2.10. The monoisotopic (exact) mass is 712 g/mol. The van der Waals surface area contributed by atoms with Crippen molar-refractivity contribution in [2.75, 3.05) is 19.8 Å². The van der Waals surface area contributed by atoms with E-state index in [1.54, 1.807) is 41.5 Å². The number of aliphatic hydroxyl groups is 1. The van der Waals surface area contributed by atoms with E-state index >= 15 is 0 Å². The minimum atomic E-state index is -1.06. The molecular weight excluding hydrogens is 682 g/mol. The van der Waals surface area contributed by atoms with E-state index in [2.05, 4.69) is 29.9 Å². The maximum atomic E-state index is 11.3. The van der Waals surface area contributed by atoms with Gasteiger partial charge < -0.3 is 29.2 Å². The van der Waals surface area contributed by atoms with E-state index < -0.39 is 42.3 Å². The van der Waals surface area contributed by atoms with E-state index in [-0.39, 0.29) is 28.7 Å². The number of aliphatic carboxylic acids is 1. The van der Waals surface area contributed by atoms with Crippen LogP contribution in [0.4, 0.5) is 0 Å². The number of carboxylic acid groups (broad SMARTS) is 1. The van der Waals surface area contributed by atoms with Gasteiger partial charge in [-0.3, -0.25) is 0 Å². The van der Waals surface area contributed by atoms with Crippen LogP contribution in [0.1, 0.15) is 41.5 Å². The van der Waals surface area contributed by atoms with Gasteiger partial charge in [0.1, 0.15) is 38.4 Å². The average Bonchev–Trinajstić information content (AvgIpc) is 2.93. The fraction of sp³-hybridized carbons (Fsp3) is 0.423. The van der Waals surface area contributed by atoms with Crippen molar-refractivity contribution >= 4 is 64.3 Å².